The summed E-state index contributed by atoms with van der Waals surface area (Å²) in [6.07, 6.45) is 0.685. The van der Waals surface area contributed by atoms with Crippen LogP contribution in [0.5, 0.6) is 0 Å². The molecule has 2 unspecified atom stereocenters. The van der Waals surface area contributed by atoms with Crippen LogP contribution in [0, 0.1) is 11.2 Å². The highest BCUT2D eigenvalue weighted by atomic mass is 19.1. The fourth-order valence-corrected chi connectivity index (χ4v) is 3.95. The first kappa shape index (κ1) is 24.3. The maximum absolute atomic E-state index is 13.8. The van der Waals surface area contributed by atoms with Gasteiger partial charge in [-0.15, -0.1) is 5.10 Å². The zero-order chi connectivity index (χ0) is 24.3. The lowest BCUT2D eigenvalue weighted by Gasteiger charge is -2.34. The number of benzene rings is 1. The number of halogens is 1. The van der Waals surface area contributed by atoms with Gasteiger partial charge in [0.15, 0.2) is 0 Å². The van der Waals surface area contributed by atoms with Gasteiger partial charge in [0.1, 0.15) is 17.9 Å². The van der Waals surface area contributed by atoms with E-state index in [0.29, 0.717) is 5.69 Å². The van der Waals surface area contributed by atoms with Gasteiger partial charge in [-0.1, -0.05) is 38.1 Å². The lowest BCUT2D eigenvalue weighted by atomic mass is 9.85. The minimum absolute atomic E-state index is 0.0378. The molecule has 1 aromatic heterocycles. The average molecular weight is 461 g/mol. The molecule has 1 fully saturated rings. The Kier molecular flexibility index (Phi) is 7.11. The second-order valence-electron chi connectivity index (χ2n) is 9.17. The second-order valence-corrected chi connectivity index (χ2v) is 9.17. The molecular formula is C22H29FN6O4. The van der Waals surface area contributed by atoms with E-state index in [1.165, 1.54) is 41.0 Å². The largest absolute Gasteiger partial charge is 0.391 e. The van der Waals surface area contributed by atoms with Crippen LogP contribution in [-0.2, 0) is 20.8 Å². The fourth-order valence-electron chi connectivity index (χ4n) is 3.95. The molecule has 11 heteroatoms. The number of β-amino-alcohol motifs (C(OH)–C–C–N with tert-alkyl or cyclic N) is 1. The Hall–Kier alpha value is -3.34. The number of nitrogens with one attached hydrogen (secondary N) is 2. The van der Waals surface area contributed by atoms with Gasteiger partial charge in [-0.3, -0.25) is 14.4 Å². The van der Waals surface area contributed by atoms with E-state index in [9.17, 15) is 23.9 Å². The smallest absolute Gasteiger partial charge is 0.248 e. The number of nitrogens with zero attached hydrogens (tertiary/aromatic N) is 4. The summed E-state index contributed by atoms with van der Waals surface area (Å²) in [4.78, 5) is 39.5. The molecule has 178 valence electrons. The fraction of sp³-hybridized carbons (Fsp3) is 0.500. The lowest BCUT2D eigenvalue weighted by molar-refractivity contribution is -0.144. The van der Waals surface area contributed by atoms with Crippen LogP contribution in [-0.4, -0.2) is 68.5 Å². The quantitative estimate of drug-likeness (QED) is 0.587. The molecule has 10 nitrogen and oxygen atoms in total. The Morgan fingerprint density at radius 2 is 1.97 bits per heavy atom. The number of likely N-dealkylation sites (N-methyl/N-ethyl adjacent to an activating group) is 1. The number of aromatic nitrogens is 3. The summed E-state index contributed by atoms with van der Waals surface area (Å²) in [5.41, 5.74) is -0.251. The first-order valence-electron chi connectivity index (χ1n) is 10.7. The third-order valence-corrected chi connectivity index (χ3v) is 5.48. The minimum atomic E-state index is -0.828. The molecule has 2 aromatic rings. The number of carbonyl (C=O) groups excluding carboxylic acids is 3. The molecule has 0 aliphatic carbocycles. The summed E-state index contributed by atoms with van der Waals surface area (Å²) >= 11 is 0. The number of anilines is 1. The average Bonchev–Trinajstić information content (AvgIpc) is 3.34. The summed E-state index contributed by atoms with van der Waals surface area (Å²) in [6.45, 7) is 5.59. The van der Waals surface area contributed by atoms with Crippen molar-refractivity contribution in [3.63, 3.8) is 0 Å². The molecule has 1 saturated heterocycles. The highest BCUT2D eigenvalue weighted by Crippen LogP contribution is 2.34. The zero-order valence-electron chi connectivity index (χ0n) is 19.1. The summed E-state index contributed by atoms with van der Waals surface area (Å²) in [5.74, 6) is -1.75. The van der Waals surface area contributed by atoms with Crippen LogP contribution in [0.2, 0.25) is 0 Å². The molecule has 0 bridgehead atoms. The number of hydrogen-bond acceptors (Lipinski definition) is 6. The molecule has 3 N–H and O–H groups in total. The Balaban J connectivity index is 1.79. The van der Waals surface area contributed by atoms with E-state index in [1.807, 2.05) is 20.8 Å². The van der Waals surface area contributed by atoms with Crippen LogP contribution in [0.25, 0.3) is 0 Å². The first-order chi connectivity index (χ1) is 15.5. The molecule has 1 aliphatic heterocycles. The van der Waals surface area contributed by atoms with Crippen LogP contribution in [0.3, 0.4) is 0 Å². The monoisotopic (exact) mass is 460 g/mol. The number of rotatable bonds is 6. The standard InChI is InChI=1S/C22H29FN6O4/c1-22(2,3)19(21(33)28-12-14(30)10-17(28)20(32)24-4)29-11-13(26-27-29)9-18(31)25-16-8-6-5-7-15(16)23/h5-8,11,14,17,19,30H,9-10,12H2,1-4H3,(H,24,32)(H,25,31)/t14?,17?,19-/m1/s1. The second kappa shape index (κ2) is 9.65. The van der Waals surface area contributed by atoms with Crippen LogP contribution in [0.15, 0.2) is 30.5 Å². The van der Waals surface area contributed by atoms with E-state index in [0.717, 1.165) is 0 Å². The first-order valence-corrected chi connectivity index (χ1v) is 10.7. The highest BCUT2D eigenvalue weighted by Gasteiger charge is 2.45. The van der Waals surface area contributed by atoms with Crippen molar-refractivity contribution in [2.45, 2.75) is 51.8 Å². The molecule has 3 amide bonds. The van der Waals surface area contributed by atoms with Crippen molar-refractivity contribution in [3.8, 4) is 0 Å². The third kappa shape index (κ3) is 5.54. The van der Waals surface area contributed by atoms with Crippen LogP contribution in [0.4, 0.5) is 10.1 Å². The van der Waals surface area contributed by atoms with E-state index >= 15 is 0 Å². The summed E-state index contributed by atoms with van der Waals surface area (Å²) in [5, 5.41) is 23.2. The number of likely N-dealkylation sites (tertiary alicyclic amines) is 1. The number of amides is 3. The highest BCUT2D eigenvalue weighted by molar-refractivity contribution is 5.92. The number of hydrogen-bond donors (Lipinski definition) is 3. The van der Waals surface area contributed by atoms with Crippen molar-refractivity contribution >= 4 is 23.4 Å². The third-order valence-electron chi connectivity index (χ3n) is 5.48. The summed E-state index contributed by atoms with van der Waals surface area (Å²) < 4.78 is 15.1. The van der Waals surface area contributed by atoms with Crippen LogP contribution in [0.1, 0.15) is 38.9 Å². The van der Waals surface area contributed by atoms with Crippen molar-refractivity contribution in [1.82, 2.24) is 25.2 Å². The molecule has 0 saturated carbocycles. The van der Waals surface area contributed by atoms with Gasteiger partial charge in [0.05, 0.1) is 23.9 Å². The minimum Gasteiger partial charge on any atom is -0.391 e. The van der Waals surface area contributed by atoms with Crippen molar-refractivity contribution in [3.05, 3.63) is 42.0 Å². The Morgan fingerprint density at radius 1 is 1.27 bits per heavy atom. The van der Waals surface area contributed by atoms with Crippen molar-refractivity contribution in [1.29, 1.82) is 0 Å². The van der Waals surface area contributed by atoms with Gasteiger partial charge in [-0.25, -0.2) is 9.07 Å². The van der Waals surface area contributed by atoms with Gasteiger partial charge in [-0.05, 0) is 17.5 Å². The van der Waals surface area contributed by atoms with E-state index < -0.39 is 35.3 Å². The SMILES string of the molecule is CNC(=O)C1CC(O)CN1C(=O)[C@@H](n1cc(CC(=O)Nc2ccccc2F)nn1)C(C)(C)C. The molecule has 1 aromatic carbocycles. The van der Waals surface area contributed by atoms with E-state index in [4.69, 9.17) is 0 Å². The molecule has 3 atom stereocenters. The van der Waals surface area contributed by atoms with Crippen molar-refractivity contribution in [2.24, 2.45) is 5.41 Å². The van der Waals surface area contributed by atoms with E-state index in [2.05, 4.69) is 20.9 Å². The molecule has 0 spiro atoms. The van der Waals surface area contributed by atoms with Gasteiger partial charge in [0.2, 0.25) is 17.7 Å². The predicted octanol–water partition coefficient (Wildman–Crippen LogP) is 0.893. The number of carbonyl (C=O) groups is 3. The maximum atomic E-state index is 13.8. The lowest BCUT2D eigenvalue weighted by Crippen LogP contribution is -2.49. The van der Waals surface area contributed by atoms with E-state index in [-0.39, 0.29) is 36.9 Å². The zero-order valence-corrected chi connectivity index (χ0v) is 19.1. The van der Waals surface area contributed by atoms with Gasteiger partial charge in [0.25, 0.3) is 0 Å². The predicted molar refractivity (Wildman–Crippen MR) is 117 cm³/mol. The number of para-hydroxylation sites is 1. The molecule has 1 aliphatic rings. The number of aliphatic hydroxyl groups is 1. The van der Waals surface area contributed by atoms with Gasteiger partial charge >= 0.3 is 0 Å². The molecule has 33 heavy (non-hydrogen) atoms. The number of aliphatic hydroxyl groups excluding tert-OH is 1. The Bertz CT molecular complexity index is 1030. The van der Waals surface area contributed by atoms with Gasteiger partial charge < -0.3 is 20.6 Å². The maximum Gasteiger partial charge on any atom is 0.248 e. The van der Waals surface area contributed by atoms with Crippen LogP contribution >= 0.6 is 0 Å². The van der Waals surface area contributed by atoms with Gasteiger partial charge in [0, 0.05) is 26.2 Å². The van der Waals surface area contributed by atoms with Gasteiger partial charge in [-0.2, -0.15) is 0 Å². The summed E-state index contributed by atoms with van der Waals surface area (Å²) in [7, 11) is 1.48. The molecule has 0 radical (unpaired) electrons. The summed E-state index contributed by atoms with van der Waals surface area (Å²) in [6, 6.07) is 4.21. The Labute approximate surface area is 191 Å². The Morgan fingerprint density at radius 3 is 2.61 bits per heavy atom. The molecule has 3 rings (SSSR count). The van der Waals surface area contributed by atoms with Crippen molar-refractivity contribution in [2.75, 3.05) is 18.9 Å². The molecular weight excluding hydrogens is 431 g/mol. The van der Waals surface area contributed by atoms with E-state index in [1.54, 1.807) is 6.07 Å². The van der Waals surface area contributed by atoms with Crippen molar-refractivity contribution < 1.29 is 23.9 Å². The normalized spacial score (nSPS) is 19.3. The molecule has 2 heterocycles. The topological polar surface area (TPSA) is 129 Å². The van der Waals surface area contributed by atoms with Crippen LogP contribution < -0.4 is 10.6 Å².